The molecular formula is C19H14N4OS2. The number of carbonyl (C=O) groups excluding carboxylic acids is 1. The van der Waals surface area contributed by atoms with Crippen LogP contribution in [0.4, 0.5) is 0 Å². The summed E-state index contributed by atoms with van der Waals surface area (Å²) in [6.45, 7) is 0. The summed E-state index contributed by atoms with van der Waals surface area (Å²) in [5.74, 6) is 0.484. The smallest absolute Gasteiger partial charge is 0.183 e. The lowest BCUT2D eigenvalue weighted by molar-refractivity contribution is 0.102. The zero-order chi connectivity index (χ0) is 17.8. The Hall–Kier alpha value is -2.77. The first-order valence-electron chi connectivity index (χ1n) is 7.93. The monoisotopic (exact) mass is 378 g/mol. The van der Waals surface area contributed by atoms with Gasteiger partial charge in [0.2, 0.25) is 0 Å². The van der Waals surface area contributed by atoms with Crippen LogP contribution >= 0.6 is 23.1 Å². The summed E-state index contributed by atoms with van der Waals surface area (Å²) >= 11 is 2.86. The van der Waals surface area contributed by atoms with Crippen LogP contribution in [0.2, 0.25) is 0 Å². The van der Waals surface area contributed by atoms with Crippen LogP contribution in [0.15, 0.2) is 77.4 Å². The molecule has 0 saturated heterocycles. The van der Waals surface area contributed by atoms with Crippen LogP contribution in [0.5, 0.6) is 0 Å². The minimum Gasteiger partial charge on any atom is -0.292 e. The third-order valence-corrected chi connectivity index (χ3v) is 5.55. The molecule has 0 aliphatic rings. The third kappa shape index (κ3) is 3.74. The Morgan fingerprint density at radius 3 is 2.58 bits per heavy atom. The number of ketones is 1. The molecule has 128 valence electrons. The standard InChI is InChI=1S/C19H14N4OS2/c24-17(18-3-1-12-25-18)13-26-19-9-8-16(21-22-19)14-4-6-15(7-5-14)23-11-2-10-20-23/h1-12H,13H2. The van der Waals surface area contributed by atoms with Crippen molar-refractivity contribution < 1.29 is 4.79 Å². The van der Waals surface area contributed by atoms with Gasteiger partial charge in [-0.2, -0.15) is 5.10 Å². The molecule has 0 aliphatic heterocycles. The maximum absolute atomic E-state index is 12.0. The average Bonchev–Trinajstić information content (AvgIpc) is 3.41. The van der Waals surface area contributed by atoms with E-state index in [0.29, 0.717) is 5.75 Å². The maximum Gasteiger partial charge on any atom is 0.183 e. The molecule has 26 heavy (non-hydrogen) atoms. The summed E-state index contributed by atoms with van der Waals surface area (Å²) in [5, 5.41) is 15.4. The minimum absolute atomic E-state index is 0.116. The molecule has 0 bridgehead atoms. The molecule has 3 aromatic heterocycles. The number of aromatic nitrogens is 4. The summed E-state index contributed by atoms with van der Waals surface area (Å²) in [6, 6.07) is 17.4. The molecular weight excluding hydrogens is 364 g/mol. The van der Waals surface area contributed by atoms with Gasteiger partial charge >= 0.3 is 0 Å². The number of nitrogens with zero attached hydrogens (tertiary/aromatic N) is 4. The lowest BCUT2D eigenvalue weighted by Crippen LogP contribution is -2.00. The van der Waals surface area contributed by atoms with Gasteiger partial charge in [-0.3, -0.25) is 4.79 Å². The van der Waals surface area contributed by atoms with Gasteiger partial charge in [0.05, 0.1) is 22.0 Å². The van der Waals surface area contributed by atoms with E-state index in [0.717, 1.165) is 26.8 Å². The SMILES string of the molecule is O=C(CSc1ccc(-c2ccc(-n3cccn3)cc2)nn1)c1cccs1. The summed E-state index contributed by atoms with van der Waals surface area (Å²) in [6.07, 6.45) is 3.65. The molecule has 7 heteroatoms. The molecule has 0 amide bonds. The van der Waals surface area contributed by atoms with E-state index in [1.54, 1.807) is 10.9 Å². The molecule has 4 rings (SSSR count). The molecule has 3 heterocycles. The van der Waals surface area contributed by atoms with Crippen LogP contribution in [0.25, 0.3) is 16.9 Å². The Kier molecular flexibility index (Phi) is 4.90. The predicted octanol–water partition coefficient (Wildman–Crippen LogP) is 4.37. The number of thioether (sulfide) groups is 1. The first kappa shape index (κ1) is 16.7. The van der Waals surface area contributed by atoms with Crippen molar-refractivity contribution >= 4 is 28.9 Å². The highest BCUT2D eigenvalue weighted by atomic mass is 32.2. The molecule has 1 aromatic carbocycles. The number of rotatable bonds is 6. The normalized spacial score (nSPS) is 10.8. The highest BCUT2D eigenvalue weighted by molar-refractivity contribution is 7.99. The maximum atomic E-state index is 12.0. The molecule has 5 nitrogen and oxygen atoms in total. The molecule has 0 atom stereocenters. The lowest BCUT2D eigenvalue weighted by Gasteiger charge is -2.04. The van der Waals surface area contributed by atoms with Crippen molar-refractivity contribution in [3.63, 3.8) is 0 Å². The first-order valence-corrected chi connectivity index (χ1v) is 9.80. The van der Waals surface area contributed by atoms with E-state index in [4.69, 9.17) is 0 Å². The van der Waals surface area contributed by atoms with Gasteiger partial charge in [-0.05, 0) is 41.8 Å². The molecule has 0 unspecified atom stereocenters. The molecule has 0 saturated carbocycles. The molecule has 4 aromatic rings. The van der Waals surface area contributed by atoms with Gasteiger partial charge in [0, 0.05) is 18.0 Å². The van der Waals surface area contributed by atoms with Crippen molar-refractivity contribution in [2.75, 3.05) is 5.75 Å². The van der Waals surface area contributed by atoms with E-state index in [1.165, 1.54) is 23.1 Å². The van der Waals surface area contributed by atoms with E-state index in [9.17, 15) is 4.79 Å². The number of Topliss-reactive ketones (excluding diaryl/α,β-unsaturated/α-hetero) is 1. The van der Waals surface area contributed by atoms with Crippen LogP contribution in [0.3, 0.4) is 0 Å². The Balaban J connectivity index is 1.42. The fraction of sp³-hybridized carbons (Fsp3) is 0.0526. The molecule has 0 N–H and O–H groups in total. The largest absolute Gasteiger partial charge is 0.292 e. The third-order valence-electron chi connectivity index (χ3n) is 3.72. The van der Waals surface area contributed by atoms with E-state index >= 15 is 0 Å². The van der Waals surface area contributed by atoms with E-state index in [-0.39, 0.29) is 5.78 Å². The van der Waals surface area contributed by atoms with E-state index < -0.39 is 0 Å². The molecule has 0 aliphatic carbocycles. The predicted molar refractivity (Wildman–Crippen MR) is 104 cm³/mol. The summed E-state index contributed by atoms with van der Waals surface area (Å²) in [4.78, 5) is 12.8. The number of hydrogen-bond donors (Lipinski definition) is 0. The lowest BCUT2D eigenvalue weighted by atomic mass is 10.1. The topological polar surface area (TPSA) is 60.7 Å². The Morgan fingerprint density at radius 1 is 1.04 bits per heavy atom. The average molecular weight is 378 g/mol. The van der Waals surface area contributed by atoms with E-state index in [2.05, 4.69) is 15.3 Å². The van der Waals surface area contributed by atoms with Crippen LogP contribution in [0, 0.1) is 0 Å². The van der Waals surface area contributed by atoms with Crippen molar-refractivity contribution in [3.05, 3.63) is 77.2 Å². The second kappa shape index (κ2) is 7.63. The summed E-state index contributed by atoms with van der Waals surface area (Å²) in [5.41, 5.74) is 2.77. The number of hydrogen-bond acceptors (Lipinski definition) is 6. The van der Waals surface area contributed by atoms with Gasteiger partial charge in [-0.25, -0.2) is 4.68 Å². The minimum atomic E-state index is 0.116. The summed E-state index contributed by atoms with van der Waals surface area (Å²) in [7, 11) is 0. The number of carbonyl (C=O) groups is 1. The van der Waals surface area contributed by atoms with Gasteiger partial charge in [0.25, 0.3) is 0 Å². The highest BCUT2D eigenvalue weighted by Crippen LogP contribution is 2.22. The van der Waals surface area contributed by atoms with Crippen molar-refractivity contribution in [1.82, 2.24) is 20.0 Å². The quantitative estimate of drug-likeness (QED) is 0.368. The Labute approximate surface area is 158 Å². The fourth-order valence-corrected chi connectivity index (χ4v) is 3.86. The summed E-state index contributed by atoms with van der Waals surface area (Å²) < 4.78 is 1.81. The van der Waals surface area contributed by atoms with Crippen LogP contribution < -0.4 is 0 Å². The van der Waals surface area contributed by atoms with Gasteiger partial charge < -0.3 is 0 Å². The van der Waals surface area contributed by atoms with Crippen LogP contribution in [-0.4, -0.2) is 31.5 Å². The van der Waals surface area contributed by atoms with Crippen molar-refractivity contribution in [3.8, 4) is 16.9 Å². The Bertz CT molecular complexity index is 979. The molecule has 0 radical (unpaired) electrons. The van der Waals surface area contributed by atoms with Crippen LogP contribution in [-0.2, 0) is 0 Å². The van der Waals surface area contributed by atoms with Gasteiger partial charge in [0.15, 0.2) is 5.78 Å². The van der Waals surface area contributed by atoms with Crippen molar-refractivity contribution in [2.24, 2.45) is 0 Å². The number of thiophene rings is 1. The second-order valence-corrected chi connectivity index (χ2v) is 7.39. The second-order valence-electron chi connectivity index (χ2n) is 5.44. The van der Waals surface area contributed by atoms with Gasteiger partial charge in [-0.1, -0.05) is 30.0 Å². The molecule has 0 spiro atoms. The van der Waals surface area contributed by atoms with E-state index in [1.807, 2.05) is 66.2 Å². The number of benzene rings is 1. The van der Waals surface area contributed by atoms with Gasteiger partial charge in [0.1, 0.15) is 5.03 Å². The zero-order valence-corrected chi connectivity index (χ0v) is 15.3. The first-order chi connectivity index (χ1) is 12.8. The highest BCUT2D eigenvalue weighted by Gasteiger charge is 2.09. The van der Waals surface area contributed by atoms with Crippen molar-refractivity contribution in [1.29, 1.82) is 0 Å². The zero-order valence-electron chi connectivity index (χ0n) is 13.6. The van der Waals surface area contributed by atoms with Gasteiger partial charge in [-0.15, -0.1) is 21.5 Å². The Morgan fingerprint density at radius 2 is 1.92 bits per heavy atom. The molecule has 0 fully saturated rings. The fourth-order valence-electron chi connectivity index (χ4n) is 2.41. The van der Waals surface area contributed by atoms with Crippen LogP contribution in [0.1, 0.15) is 9.67 Å². The van der Waals surface area contributed by atoms with Crippen molar-refractivity contribution in [2.45, 2.75) is 5.03 Å².